The summed E-state index contributed by atoms with van der Waals surface area (Å²) < 4.78 is 26.5. The minimum atomic E-state index is -1.20. The molecular weight excluding hydrogens is 213 g/mol. The molecule has 1 aromatic carbocycles. The third-order valence-electron chi connectivity index (χ3n) is 2.66. The highest BCUT2D eigenvalue weighted by molar-refractivity contribution is 7.89. The molecule has 1 heterocycles. The molecule has 0 N–H and O–H groups in total. The van der Waals surface area contributed by atoms with Crippen LogP contribution in [0.15, 0.2) is 35.2 Å². The number of benzene rings is 1. The van der Waals surface area contributed by atoms with Crippen molar-refractivity contribution in [1.29, 1.82) is 0 Å². The van der Waals surface area contributed by atoms with Crippen molar-refractivity contribution < 1.29 is 8.94 Å². The van der Waals surface area contributed by atoms with Crippen molar-refractivity contribution in [2.75, 3.05) is 13.2 Å². The van der Waals surface area contributed by atoms with Gasteiger partial charge in [-0.15, -0.1) is 4.31 Å². The molecule has 1 unspecified atom stereocenters. The van der Waals surface area contributed by atoms with Crippen LogP contribution in [0.25, 0.3) is 0 Å². The molecule has 1 aliphatic heterocycles. The summed E-state index contributed by atoms with van der Waals surface area (Å²) in [6, 6.07) is 9.08. The minimum absolute atomic E-state index is 0.161. The fourth-order valence-corrected chi connectivity index (χ4v) is 3.24. The normalized spacial score (nSPS) is 24.3. The second-order valence-corrected chi connectivity index (χ2v) is 5.09. The van der Waals surface area contributed by atoms with Gasteiger partial charge in [-0.25, -0.2) is 4.39 Å². The maximum Gasteiger partial charge on any atom is 0.174 e. The number of halogens is 1. The largest absolute Gasteiger partial charge is 0.593 e. The van der Waals surface area contributed by atoms with Crippen LogP contribution in [0.4, 0.5) is 4.39 Å². The van der Waals surface area contributed by atoms with E-state index in [0.717, 1.165) is 24.3 Å². The average Bonchev–Trinajstić information content (AvgIpc) is 2.77. The van der Waals surface area contributed by atoms with E-state index in [-0.39, 0.29) is 6.04 Å². The first-order chi connectivity index (χ1) is 7.33. The summed E-state index contributed by atoms with van der Waals surface area (Å²) >= 11 is -1.20. The topological polar surface area (TPSA) is 26.3 Å². The Hall–Kier alpha value is -0.580. The third kappa shape index (κ3) is 2.33. The summed E-state index contributed by atoms with van der Waals surface area (Å²) in [5, 5.41) is 0. The average molecular weight is 227 g/mol. The SMILES string of the molecule is [O-][S+](c1ccccc1)N1CCC[C@H]1CF. The molecule has 0 aliphatic carbocycles. The van der Waals surface area contributed by atoms with Crippen LogP contribution in [0.3, 0.4) is 0 Å². The fourth-order valence-electron chi connectivity index (χ4n) is 1.85. The van der Waals surface area contributed by atoms with Crippen molar-refractivity contribution in [2.45, 2.75) is 23.8 Å². The standard InChI is InChI=1S/C11H14FNOS/c12-9-10-5-4-8-13(10)15(14)11-6-2-1-3-7-11/h1-3,6-7,10H,4-5,8-9H2/t10-,15?/m0/s1. The molecule has 2 nitrogen and oxygen atoms in total. The summed E-state index contributed by atoms with van der Waals surface area (Å²) in [6.45, 7) is 0.328. The summed E-state index contributed by atoms with van der Waals surface area (Å²) in [4.78, 5) is 0.762. The zero-order valence-corrected chi connectivity index (χ0v) is 9.25. The van der Waals surface area contributed by atoms with Gasteiger partial charge in [0.1, 0.15) is 6.67 Å². The first-order valence-electron chi connectivity index (χ1n) is 5.12. The molecule has 1 saturated heterocycles. The second-order valence-electron chi connectivity index (χ2n) is 3.65. The van der Waals surface area contributed by atoms with E-state index in [0.29, 0.717) is 0 Å². The number of nitrogens with zero attached hydrogens (tertiary/aromatic N) is 1. The molecule has 15 heavy (non-hydrogen) atoms. The molecule has 2 atom stereocenters. The summed E-state index contributed by atoms with van der Waals surface area (Å²) in [5.41, 5.74) is 0. The van der Waals surface area contributed by atoms with Gasteiger partial charge < -0.3 is 4.55 Å². The Bertz CT molecular complexity index is 309. The lowest BCUT2D eigenvalue weighted by atomic mass is 10.2. The van der Waals surface area contributed by atoms with Crippen molar-refractivity contribution in [2.24, 2.45) is 0 Å². The second kappa shape index (κ2) is 4.96. The van der Waals surface area contributed by atoms with Crippen LogP contribution in [0.1, 0.15) is 12.8 Å². The first kappa shape index (κ1) is 10.9. The molecule has 82 valence electrons. The van der Waals surface area contributed by atoms with Crippen LogP contribution >= 0.6 is 0 Å². The quantitative estimate of drug-likeness (QED) is 0.739. The number of alkyl halides is 1. The summed E-state index contributed by atoms with van der Waals surface area (Å²) in [5.74, 6) is 0. The van der Waals surface area contributed by atoms with E-state index in [1.165, 1.54) is 0 Å². The van der Waals surface area contributed by atoms with E-state index in [1.54, 1.807) is 4.31 Å². The highest BCUT2D eigenvalue weighted by Gasteiger charge is 2.34. The Labute approximate surface area is 92.4 Å². The summed E-state index contributed by atoms with van der Waals surface area (Å²) in [6.07, 6.45) is 1.75. The zero-order valence-electron chi connectivity index (χ0n) is 8.43. The number of hydrogen-bond acceptors (Lipinski definition) is 2. The lowest BCUT2D eigenvalue weighted by Gasteiger charge is -2.23. The van der Waals surface area contributed by atoms with Gasteiger partial charge in [-0.2, -0.15) is 0 Å². The van der Waals surface area contributed by atoms with Gasteiger partial charge >= 0.3 is 0 Å². The monoisotopic (exact) mass is 227 g/mol. The number of rotatable bonds is 3. The Kier molecular flexibility index (Phi) is 3.61. The molecule has 0 spiro atoms. The zero-order chi connectivity index (χ0) is 10.7. The smallest absolute Gasteiger partial charge is 0.174 e. The van der Waals surface area contributed by atoms with Crippen LogP contribution in [-0.2, 0) is 11.4 Å². The molecular formula is C11H14FNOS. The summed E-state index contributed by atoms with van der Waals surface area (Å²) in [7, 11) is 0. The maximum absolute atomic E-state index is 12.6. The van der Waals surface area contributed by atoms with Gasteiger partial charge in [0.15, 0.2) is 4.90 Å². The molecule has 1 fully saturated rings. The Balaban J connectivity index is 2.10. The van der Waals surface area contributed by atoms with Crippen LogP contribution < -0.4 is 0 Å². The van der Waals surface area contributed by atoms with E-state index in [1.807, 2.05) is 30.3 Å². The fraction of sp³-hybridized carbons (Fsp3) is 0.455. The minimum Gasteiger partial charge on any atom is -0.593 e. The van der Waals surface area contributed by atoms with E-state index < -0.39 is 18.0 Å². The Morgan fingerprint density at radius 2 is 2.13 bits per heavy atom. The predicted molar refractivity (Wildman–Crippen MR) is 58.6 cm³/mol. The van der Waals surface area contributed by atoms with Gasteiger partial charge in [-0.1, -0.05) is 18.2 Å². The molecule has 2 rings (SSSR count). The van der Waals surface area contributed by atoms with Crippen molar-refractivity contribution in [1.82, 2.24) is 4.31 Å². The van der Waals surface area contributed by atoms with E-state index in [4.69, 9.17) is 0 Å². The molecule has 0 aromatic heterocycles. The van der Waals surface area contributed by atoms with Gasteiger partial charge in [0.05, 0.1) is 17.4 Å². The van der Waals surface area contributed by atoms with E-state index in [9.17, 15) is 8.94 Å². The molecule has 1 aliphatic rings. The van der Waals surface area contributed by atoms with Gasteiger partial charge in [0, 0.05) is 6.54 Å². The van der Waals surface area contributed by atoms with Crippen LogP contribution in [0.2, 0.25) is 0 Å². The lowest BCUT2D eigenvalue weighted by molar-refractivity contribution is 0.311. The van der Waals surface area contributed by atoms with Crippen LogP contribution in [0, 0.1) is 0 Å². The van der Waals surface area contributed by atoms with E-state index >= 15 is 0 Å². The van der Waals surface area contributed by atoms with Crippen molar-refractivity contribution in [3.8, 4) is 0 Å². The molecule has 0 radical (unpaired) electrons. The highest BCUT2D eigenvalue weighted by Crippen LogP contribution is 2.25. The van der Waals surface area contributed by atoms with Crippen molar-refractivity contribution in [3.05, 3.63) is 30.3 Å². The van der Waals surface area contributed by atoms with E-state index in [2.05, 4.69) is 0 Å². The van der Waals surface area contributed by atoms with Gasteiger partial charge in [-0.05, 0) is 25.0 Å². The first-order valence-corrected chi connectivity index (χ1v) is 6.23. The Morgan fingerprint density at radius 3 is 2.80 bits per heavy atom. The van der Waals surface area contributed by atoms with Crippen molar-refractivity contribution in [3.63, 3.8) is 0 Å². The third-order valence-corrected chi connectivity index (χ3v) is 4.24. The van der Waals surface area contributed by atoms with Gasteiger partial charge in [0.25, 0.3) is 0 Å². The molecule has 1 aromatic rings. The molecule has 0 bridgehead atoms. The van der Waals surface area contributed by atoms with Crippen LogP contribution in [-0.4, -0.2) is 28.1 Å². The Morgan fingerprint density at radius 1 is 1.40 bits per heavy atom. The van der Waals surface area contributed by atoms with Crippen LogP contribution in [0.5, 0.6) is 0 Å². The molecule has 4 heteroatoms. The molecule has 0 saturated carbocycles. The predicted octanol–water partition coefficient (Wildman–Crippen LogP) is 2.14. The van der Waals surface area contributed by atoms with Gasteiger partial charge in [-0.3, -0.25) is 0 Å². The maximum atomic E-state index is 12.6. The number of hydrogen-bond donors (Lipinski definition) is 0. The van der Waals surface area contributed by atoms with Crippen molar-refractivity contribution >= 4 is 11.4 Å². The van der Waals surface area contributed by atoms with Gasteiger partial charge in [0.2, 0.25) is 0 Å². The lowest BCUT2D eigenvalue weighted by Crippen LogP contribution is -2.36. The highest BCUT2D eigenvalue weighted by atomic mass is 32.2. The molecule has 0 amide bonds.